The zero-order valence-electron chi connectivity index (χ0n) is 12.7. The van der Waals surface area contributed by atoms with E-state index >= 15 is 0 Å². The van der Waals surface area contributed by atoms with Gasteiger partial charge in [0.15, 0.2) is 0 Å². The van der Waals surface area contributed by atoms with Crippen molar-refractivity contribution in [2.75, 3.05) is 19.4 Å². The second-order valence-corrected chi connectivity index (χ2v) is 5.08. The van der Waals surface area contributed by atoms with E-state index in [9.17, 15) is 0 Å². The summed E-state index contributed by atoms with van der Waals surface area (Å²) >= 11 is 0. The SMILES string of the molecule is CCCN(Cc1ccccc1N)Cc1cccnc1OC. The Labute approximate surface area is 126 Å². The highest BCUT2D eigenvalue weighted by molar-refractivity contribution is 5.46. The maximum atomic E-state index is 6.05. The molecule has 21 heavy (non-hydrogen) atoms. The lowest BCUT2D eigenvalue weighted by Crippen LogP contribution is -2.24. The number of benzene rings is 1. The molecule has 4 heteroatoms. The van der Waals surface area contributed by atoms with Gasteiger partial charge >= 0.3 is 0 Å². The van der Waals surface area contributed by atoms with E-state index in [1.807, 2.05) is 24.3 Å². The molecule has 1 heterocycles. The van der Waals surface area contributed by atoms with Gasteiger partial charge in [0.25, 0.3) is 0 Å². The molecule has 0 bridgehead atoms. The van der Waals surface area contributed by atoms with Gasteiger partial charge in [0.05, 0.1) is 7.11 Å². The van der Waals surface area contributed by atoms with Gasteiger partial charge in [-0.1, -0.05) is 31.2 Å². The minimum absolute atomic E-state index is 0.694. The predicted octanol–water partition coefficient (Wildman–Crippen LogP) is 3.08. The van der Waals surface area contributed by atoms with Gasteiger partial charge in [-0.3, -0.25) is 4.90 Å². The summed E-state index contributed by atoms with van der Waals surface area (Å²) in [6.45, 7) is 4.83. The van der Waals surface area contributed by atoms with Crippen molar-refractivity contribution in [1.29, 1.82) is 0 Å². The summed E-state index contributed by atoms with van der Waals surface area (Å²) in [6, 6.07) is 12.0. The fourth-order valence-corrected chi connectivity index (χ4v) is 2.42. The van der Waals surface area contributed by atoms with E-state index in [0.717, 1.165) is 42.9 Å². The Morgan fingerprint density at radius 3 is 2.52 bits per heavy atom. The van der Waals surface area contributed by atoms with Crippen LogP contribution in [-0.2, 0) is 13.1 Å². The van der Waals surface area contributed by atoms with Gasteiger partial charge in [0, 0.05) is 30.5 Å². The topological polar surface area (TPSA) is 51.4 Å². The maximum Gasteiger partial charge on any atom is 0.217 e. The molecule has 2 aromatic rings. The van der Waals surface area contributed by atoms with E-state index in [-0.39, 0.29) is 0 Å². The molecule has 0 unspecified atom stereocenters. The van der Waals surface area contributed by atoms with Crippen LogP contribution in [0.25, 0.3) is 0 Å². The Morgan fingerprint density at radius 2 is 1.81 bits per heavy atom. The molecule has 0 spiro atoms. The summed E-state index contributed by atoms with van der Waals surface area (Å²) in [5, 5.41) is 0. The first-order valence-electron chi connectivity index (χ1n) is 7.28. The number of nitrogens with two attached hydrogens (primary N) is 1. The number of hydrogen-bond donors (Lipinski definition) is 1. The fraction of sp³-hybridized carbons (Fsp3) is 0.353. The summed E-state index contributed by atoms with van der Waals surface area (Å²) in [4.78, 5) is 6.63. The first-order chi connectivity index (χ1) is 10.2. The van der Waals surface area contributed by atoms with Crippen molar-refractivity contribution >= 4 is 5.69 Å². The molecule has 0 saturated carbocycles. The summed E-state index contributed by atoms with van der Waals surface area (Å²) in [7, 11) is 1.66. The van der Waals surface area contributed by atoms with Crippen molar-refractivity contribution in [3.05, 3.63) is 53.7 Å². The third-order valence-electron chi connectivity index (χ3n) is 3.43. The molecule has 0 amide bonds. The number of nitrogen functional groups attached to an aromatic ring is 1. The third kappa shape index (κ3) is 4.20. The zero-order valence-corrected chi connectivity index (χ0v) is 12.7. The number of ether oxygens (including phenoxy) is 1. The van der Waals surface area contributed by atoms with E-state index in [1.165, 1.54) is 0 Å². The smallest absolute Gasteiger partial charge is 0.217 e. The second-order valence-electron chi connectivity index (χ2n) is 5.08. The van der Waals surface area contributed by atoms with Crippen molar-refractivity contribution in [2.45, 2.75) is 26.4 Å². The van der Waals surface area contributed by atoms with Crippen LogP contribution in [0.2, 0.25) is 0 Å². The quantitative estimate of drug-likeness (QED) is 0.794. The molecule has 2 rings (SSSR count). The molecule has 0 aliphatic carbocycles. The van der Waals surface area contributed by atoms with Crippen molar-refractivity contribution in [3.8, 4) is 5.88 Å². The number of nitrogens with zero attached hydrogens (tertiary/aromatic N) is 2. The molecule has 2 N–H and O–H groups in total. The number of methoxy groups -OCH3 is 1. The van der Waals surface area contributed by atoms with Gasteiger partial charge in [-0.05, 0) is 30.7 Å². The predicted molar refractivity (Wildman–Crippen MR) is 86.0 cm³/mol. The molecule has 112 valence electrons. The summed E-state index contributed by atoms with van der Waals surface area (Å²) in [5.74, 6) is 0.694. The summed E-state index contributed by atoms with van der Waals surface area (Å²) in [5.41, 5.74) is 9.16. The van der Waals surface area contributed by atoms with Crippen LogP contribution in [0.4, 0.5) is 5.69 Å². The molecule has 0 fully saturated rings. The molecular weight excluding hydrogens is 262 g/mol. The van der Waals surface area contributed by atoms with Crippen LogP contribution >= 0.6 is 0 Å². The number of pyridine rings is 1. The number of rotatable bonds is 7. The molecule has 1 aromatic carbocycles. The Hall–Kier alpha value is -2.07. The number of anilines is 1. The van der Waals surface area contributed by atoms with Gasteiger partial charge in [0.2, 0.25) is 5.88 Å². The lowest BCUT2D eigenvalue weighted by Gasteiger charge is -2.23. The van der Waals surface area contributed by atoms with Gasteiger partial charge in [-0.2, -0.15) is 0 Å². The first-order valence-corrected chi connectivity index (χ1v) is 7.28. The standard InChI is InChI=1S/C17H23N3O/c1-3-11-20(12-14-7-4-5-9-16(14)18)13-15-8-6-10-19-17(15)21-2/h4-10H,3,11-13,18H2,1-2H3. The maximum absolute atomic E-state index is 6.05. The monoisotopic (exact) mass is 285 g/mol. The van der Waals surface area contributed by atoms with Crippen LogP contribution in [0.1, 0.15) is 24.5 Å². The van der Waals surface area contributed by atoms with E-state index in [2.05, 4.69) is 28.9 Å². The Kier molecular flexibility index (Phi) is 5.58. The highest BCUT2D eigenvalue weighted by Gasteiger charge is 2.11. The van der Waals surface area contributed by atoms with Crippen molar-refractivity contribution in [1.82, 2.24) is 9.88 Å². The zero-order chi connectivity index (χ0) is 15.1. The van der Waals surface area contributed by atoms with Crippen LogP contribution in [0.5, 0.6) is 5.88 Å². The van der Waals surface area contributed by atoms with E-state index < -0.39 is 0 Å². The molecule has 0 aliphatic heterocycles. The number of hydrogen-bond acceptors (Lipinski definition) is 4. The highest BCUT2D eigenvalue weighted by Crippen LogP contribution is 2.19. The molecule has 0 atom stereocenters. The van der Waals surface area contributed by atoms with Crippen molar-refractivity contribution in [3.63, 3.8) is 0 Å². The number of para-hydroxylation sites is 1. The minimum Gasteiger partial charge on any atom is -0.481 e. The van der Waals surface area contributed by atoms with Gasteiger partial charge in [0.1, 0.15) is 0 Å². The van der Waals surface area contributed by atoms with Crippen LogP contribution in [0.15, 0.2) is 42.6 Å². The van der Waals surface area contributed by atoms with Crippen molar-refractivity contribution in [2.24, 2.45) is 0 Å². The second kappa shape index (κ2) is 7.64. The summed E-state index contributed by atoms with van der Waals surface area (Å²) in [6.07, 6.45) is 2.84. The van der Waals surface area contributed by atoms with E-state index in [4.69, 9.17) is 10.5 Å². The molecule has 1 aromatic heterocycles. The first kappa shape index (κ1) is 15.3. The number of aromatic nitrogens is 1. The minimum atomic E-state index is 0.694. The van der Waals surface area contributed by atoms with Gasteiger partial charge < -0.3 is 10.5 Å². The van der Waals surface area contributed by atoms with E-state index in [0.29, 0.717) is 5.88 Å². The highest BCUT2D eigenvalue weighted by atomic mass is 16.5. The molecule has 0 radical (unpaired) electrons. The van der Waals surface area contributed by atoms with Crippen LogP contribution < -0.4 is 10.5 Å². The largest absolute Gasteiger partial charge is 0.481 e. The molecule has 0 aliphatic rings. The Bertz CT molecular complexity index is 571. The van der Waals surface area contributed by atoms with E-state index in [1.54, 1.807) is 13.3 Å². The Morgan fingerprint density at radius 1 is 1.10 bits per heavy atom. The molecular formula is C17H23N3O. The molecule has 0 saturated heterocycles. The third-order valence-corrected chi connectivity index (χ3v) is 3.43. The van der Waals surface area contributed by atoms with Crippen LogP contribution in [0, 0.1) is 0 Å². The van der Waals surface area contributed by atoms with Gasteiger partial charge in [-0.15, -0.1) is 0 Å². The van der Waals surface area contributed by atoms with Crippen LogP contribution in [0.3, 0.4) is 0 Å². The van der Waals surface area contributed by atoms with Crippen LogP contribution in [-0.4, -0.2) is 23.5 Å². The Balaban J connectivity index is 2.14. The average molecular weight is 285 g/mol. The average Bonchev–Trinajstić information content (AvgIpc) is 2.50. The normalized spacial score (nSPS) is 10.8. The molecule has 4 nitrogen and oxygen atoms in total. The lowest BCUT2D eigenvalue weighted by atomic mass is 10.1. The fourth-order valence-electron chi connectivity index (χ4n) is 2.42. The lowest BCUT2D eigenvalue weighted by molar-refractivity contribution is 0.252. The van der Waals surface area contributed by atoms with Gasteiger partial charge in [-0.25, -0.2) is 4.98 Å². The van der Waals surface area contributed by atoms with Crippen molar-refractivity contribution < 1.29 is 4.74 Å². The summed E-state index contributed by atoms with van der Waals surface area (Å²) < 4.78 is 5.34.